The average Bonchev–Trinajstić information content (AvgIpc) is 2.83. The van der Waals surface area contributed by atoms with Gasteiger partial charge in [-0.05, 0) is 12.5 Å². The first-order chi connectivity index (χ1) is 15.3. The molecule has 1 aromatic rings. The van der Waals surface area contributed by atoms with Gasteiger partial charge in [-0.25, -0.2) is 18.5 Å². The van der Waals surface area contributed by atoms with Crippen molar-refractivity contribution >= 4 is 23.5 Å². The van der Waals surface area contributed by atoms with Crippen LogP contribution in [0.15, 0.2) is 27.0 Å². The highest BCUT2D eigenvalue weighted by atomic mass is 31.3. The summed E-state index contributed by atoms with van der Waals surface area (Å²) in [4.78, 5) is 63.7. The summed E-state index contributed by atoms with van der Waals surface area (Å²) in [6.07, 6.45) is -3.05. The fraction of sp³-hybridized carbons (Fsp3) is 0.636. The molecular weight excluding hydrogens is 535 g/mol. The van der Waals surface area contributed by atoms with Gasteiger partial charge in [-0.3, -0.25) is 18.9 Å². The van der Waals surface area contributed by atoms with E-state index in [1.807, 2.05) is 4.98 Å². The van der Waals surface area contributed by atoms with Crippen molar-refractivity contribution < 1.29 is 61.4 Å². The molecule has 23 heteroatoms. The third-order valence-corrected chi connectivity index (χ3v) is 8.07. The van der Waals surface area contributed by atoms with E-state index >= 15 is 0 Å². The van der Waals surface area contributed by atoms with E-state index in [0.29, 0.717) is 4.57 Å². The lowest BCUT2D eigenvalue weighted by atomic mass is 9.88. The van der Waals surface area contributed by atoms with Gasteiger partial charge in [0.05, 0.1) is 13.2 Å². The predicted molar refractivity (Wildman–Crippen MR) is 105 cm³/mol. The van der Waals surface area contributed by atoms with Crippen molar-refractivity contribution in [2.24, 2.45) is 5.11 Å². The summed E-state index contributed by atoms with van der Waals surface area (Å²) in [5, 5.41) is 24.6. The lowest BCUT2D eigenvalue weighted by Gasteiger charge is -2.32. The smallest absolute Gasteiger partial charge is 0.387 e. The SMILES string of the molecule is C[C@@]1(O)[C@H](O)[C@@](CN=[N+]=[N-])(COP(=O)(O)OP(=O)(O)OP(=O)(O)O)O[C@H]1n1ccc(=O)[nH]c1=O. The molecule has 1 aliphatic rings. The molecule has 1 fully saturated rings. The maximum atomic E-state index is 12.1. The van der Waals surface area contributed by atoms with E-state index in [1.165, 1.54) is 0 Å². The Morgan fingerprint density at radius 2 is 1.85 bits per heavy atom. The molecule has 0 aromatic carbocycles. The van der Waals surface area contributed by atoms with Gasteiger partial charge in [0.15, 0.2) is 6.23 Å². The molecule has 0 spiro atoms. The van der Waals surface area contributed by atoms with E-state index < -0.39 is 71.4 Å². The molecule has 2 heterocycles. The number of aliphatic hydroxyl groups excluding tert-OH is 1. The summed E-state index contributed by atoms with van der Waals surface area (Å²) in [5.74, 6) is 0. The Bertz CT molecular complexity index is 1230. The van der Waals surface area contributed by atoms with Crippen molar-refractivity contribution in [3.8, 4) is 0 Å². The molecule has 1 saturated heterocycles. The second-order valence-corrected chi connectivity index (χ2v) is 11.4. The molecule has 2 rings (SSSR count). The number of phosphoric acid groups is 3. The van der Waals surface area contributed by atoms with E-state index in [0.717, 1.165) is 19.2 Å². The first-order valence-electron chi connectivity index (χ1n) is 8.53. The zero-order valence-electron chi connectivity index (χ0n) is 16.7. The van der Waals surface area contributed by atoms with Crippen LogP contribution in [0, 0.1) is 0 Å². The number of ether oxygens (including phenoxy) is 1. The van der Waals surface area contributed by atoms with Crippen molar-refractivity contribution in [1.29, 1.82) is 0 Å². The zero-order valence-corrected chi connectivity index (χ0v) is 19.4. The summed E-state index contributed by atoms with van der Waals surface area (Å²) in [5.41, 5.74) is 1.93. The van der Waals surface area contributed by atoms with Gasteiger partial charge < -0.3 is 34.5 Å². The van der Waals surface area contributed by atoms with Gasteiger partial charge in [0, 0.05) is 17.2 Å². The van der Waals surface area contributed by atoms with Crippen molar-refractivity contribution in [3.05, 3.63) is 43.5 Å². The number of hydrogen-bond acceptors (Lipinski definition) is 12. The van der Waals surface area contributed by atoms with Crippen molar-refractivity contribution in [1.82, 2.24) is 9.55 Å². The van der Waals surface area contributed by atoms with Gasteiger partial charge >= 0.3 is 29.2 Å². The third kappa shape index (κ3) is 6.69. The molecule has 20 nitrogen and oxygen atoms in total. The van der Waals surface area contributed by atoms with Crippen LogP contribution in [0.3, 0.4) is 0 Å². The number of aromatic nitrogens is 2. The fourth-order valence-corrected chi connectivity index (χ4v) is 6.03. The van der Waals surface area contributed by atoms with Crippen LogP contribution in [0.2, 0.25) is 0 Å². The fourth-order valence-electron chi connectivity index (χ4n) is 2.95. The maximum absolute atomic E-state index is 12.1. The van der Waals surface area contributed by atoms with E-state index in [4.69, 9.17) is 20.1 Å². The molecule has 7 N–H and O–H groups in total. The molecule has 0 amide bonds. The Morgan fingerprint density at radius 3 is 2.38 bits per heavy atom. The molecule has 0 aliphatic carbocycles. The topological polar surface area (TPSA) is 313 Å². The standard InChI is InChI=1S/C11H18N5O15P3/c1-10(20)7(18)11(4-13-15-12,29-8(10)16-3-2-6(17)14-9(16)19)5-28-33(24,25)31-34(26,27)30-32(21,22)23/h2-3,7-8,18,20H,4-5H2,1H3,(H,24,25)(H,26,27)(H,14,17,19)(H2,21,22,23)/t7-,8+,10+,11+/m0/s1. The number of rotatable bonds is 10. The number of aromatic amines is 1. The van der Waals surface area contributed by atoms with Crippen LogP contribution in [-0.4, -0.2) is 69.8 Å². The largest absolute Gasteiger partial charge is 0.490 e. The zero-order chi connectivity index (χ0) is 26.2. The number of hydrogen-bond donors (Lipinski definition) is 7. The number of aliphatic hydroxyl groups is 2. The Balaban J connectivity index is 2.38. The normalized spacial score (nSPS) is 30.8. The van der Waals surface area contributed by atoms with Crippen LogP contribution in [0.1, 0.15) is 13.2 Å². The highest BCUT2D eigenvalue weighted by Gasteiger charge is 2.62. The predicted octanol–water partition coefficient (Wildman–Crippen LogP) is -1.43. The van der Waals surface area contributed by atoms with Gasteiger partial charge in [-0.1, -0.05) is 5.11 Å². The molecule has 1 aliphatic heterocycles. The minimum absolute atomic E-state index is 0.632. The summed E-state index contributed by atoms with van der Waals surface area (Å²) in [6.45, 7) is -1.27. The number of phosphoric ester groups is 1. The molecule has 6 atom stereocenters. The maximum Gasteiger partial charge on any atom is 0.490 e. The van der Waals surface area contributed by atoms with Gasteiger partial charge in [-0.2, -0.15) is 8.62 Å². The van der Waals surface area contributed by atoms with Crippen LogP contribution < -0.4 is 11.2 Å². The van der Waals surface area contributed by atoms with Gasteiger partial charge in [0.25, 0.3) is 5.56 Å². The first-order valence-corrected chi connectivity index (χ1v) is 13.1. The summed E-state index contributed by atoms with van der Waals surface area (Å²) >= 11 is 0. The average molecular weight is 553 g/mol. The quantitative estimate of drug-likeness (QED) is 0.0756. The van der Waals surface area contributed by atoms with Crippen molar-refractivity contribution in [2.45, 2.75) is 30.5 Å². The first kappa shape index (κ1) is 28.5. The molecule has 2 unspecified atom stereocenters. The molecular formula is C11H18N5O15P3. The molecule has 192 valence electrons. The molecule has 34 heavy (non-hydrogen) atoms. The molecule has 0 saturated carbocycles. The van der Waals surface area contributed by atoms with E-state index in [1.54, 1.807) is 0 Å². The van der Waals surface area contributed by atoms with E-state index in [9.17, 15) is 43.3 Å². The summed E-state index contributed by atoms with van der Waals surface area (Å²) in [6, 6.07) is 0.868. The van der Waals surface area contributed by atoms with Crippen LogP contribution >= 0.6 is 23.5 Å². The highest BCUT2D eigenvalue weighted by molar-refractivity contribution is 7.66. The van der Waals surface area contributed by atoms with Gasteiger partial charge in [-0.15, -0.1) is 0 Å². The minimum Gasteiger partial charge on any atom is -0.387 e. The van der Waals surface area contributed by atoms with Crippen molar-refractivity contribution in [2.75, 3.05) is 13.2 Å². The number of H-pyrrole nitrogens is 1. The second kappa shape index (κ2) is 9.73. The summed E-state index contributed by atoms with van der Waals surface area (Å²) < 4.78 is 51.9. The number of nitrogens with one attached hydrogen (secondary N) is 1. The minimum atomic E-state index is -5.87. The highest BCUT2D eigenvalue weighted by Crippen LogP contribution is 2.66. The second-order valence-electron chi connectivity index (χ2n) is 6.93. The van der Waals surface area contributed by atoms with Crippen LogP contribution in [0.5, 0.6) is 0 Å². The lowest BCUT2D eigenvalue weighted by Crippen LogP contribution is -2.53. The Labute approximate surface area is 187 Å². The Morgan fingerprint density at radius 1 is 1.24 bits per heavy atom. The third-order valence-electron chi connectivity index (χ3n) is 4.29. The Hall–Kier alpha value is -1.72. The van der Waals surface area contributed by atoms with Gasteiger partial charge in [0.1, 0.15) is 17.3 Å². The Kier molecular flexibility index (Phi) is 8.16. The lowest BCUT2D eigenvalue weighted by molar-refractivity contribution is -0.124. The van der Waals surface area contributed by atoms with Gasteiger partial charge in [0.2, 0.25) is 0 Å². The molecule has 0 radical (unpaired) electrons. The van der Waals surface area contributed by atoms with Crippen LogP contribution in [0.4, 0.5) is 0 Å². The molecule has 0 bridgehead atoms. The number of nitrogens with zero attached hydrogens (tertiary/aromatic N) is 4. The summed E-state index contributed by atoms with van der Waals surface area (Å²) in [7, 11) is -17.2. The number of azide groups is 1. The van der Waals surface area contributed by atoms with Crippen molar-refractivity contribution in [3.63, 3.8) is 0 Å². The van der Waals surface area contributed by atoms with Crippen LogP contribution in [-0.2, 0) is 31.6 Å². The van der Waals surface area contributed by atoms with E-state index in [-0.39, 0.29) is 0 Å². The molecule has 1 aromatic heterocycles. The van der Waals surface area contributed by atoms with Crippen LogP contribution in [0.25, 0.3) is 10.4 Å². The van der Waals surface area contributed by atoms with E-state index in [2.05, 4.69) is 23.2 Å². The monoisotopic (exact) mass is 553 g/mol.